The number of nitrogens with one attached hydrogen (secondary N) is 1. The Labute approximate surface area is 159 Å². The van der Waals surface area contributed by atoms with Crippen LogP contribution in [0.15, 0.2) is 48.5 Å². The SMILES string of the molecule is CCCN(C(=O)c1cc(F)ccc1Oc1ccccc1)[C@H]1CCNC1.Cl. The molecule has 1 fully saturated rings. The molecule has 1 heterocycles. The Balaban J connectivity index is 0.00000243. The van der Waals surface area contributed by atoms with E-state index in [0.717, 1.165) is 25.9 Å². The Hall–Kier alpha value is -2.11. The van der Waals surface area contributed by atoms with E-state index in [1.165, 1.54) is 18.2 Å². The lowest BCUT2D eigenvalue weighted by molar-refractivity contribution is 0.0689. The predicted octanol–water partition coefficient (Wildman–Crippen LogP) is 4.25. The van der Waals surface area contributed by atoms with E-state index in [1.807, 2.05) is 42.2 Å². The molecule has 1 amide bonds. The summed E-state index contributed by atoms with van der Waals surface area (Å²) in [5.41, 5.74) is 0.268. The Morgan fingerprint density at radius 3 is 2.69 bits per heavy atom. The highest BCUT2D eigenvalue weighted by Gasteiger charge is 2.28. The number of carbonyl (C=O) groups is 1. The molecule has 1 aliphatic rings. The molecule has 2 aromatic rings. The third-order valence-electron chi connectivity index (χ3n) is 4.34. The Kier molecular flexibility index (Phi) is 7.42. The summed E-state index contributed by atoms with van der Waals surface area (Å²) in [6.45, 7) is 4.35. The van der Waals surface area contributed by atoms with Crippen LogP contribution in [0.1, 0.15) is 30.1 Å². The quantitative estimate of drug-likeness (QED) is 0.816. The fourth-order valence-corrected chi connectivity index (χ4v) is 3.12. The fraction of sp³-hybridized carbons (Fsp3) is 0.350. The number of hydrogen-bond acceptors (Lipinski definition) is 3. The molecule has 2 aromatic carbocycles. The largest absolute Gasteiger partial charge is 0.457 e. The van der Waals surface area contributed by atoms with Crippen LogP contribution in [-0.2, 0) is 0 Å². The van der Waals surface area contributed by atoms with Crippen molar-refractivity contribution >= 4 is 18.3 Å². The Bertz CT molecular complexity index is 721. The average molecular weight is 379 g/mol. The van der Waals surface area contributed by atoms with Crippen LogP contribution in [-0.4, -0.2) is 36.5 Å². The van der Waals surface area contributed by atoms with Gasteiger partial charge in [-0.25, -0.2) is 4.39 Å². The molecule has 3 rings (SSSR count). The first-order chi connectivity index (χ1) is 12.2. The summed E-state index contributed by atoms with van der Waals surface area (Å²) in [5.74, 6) is 0.378. The molecule has 1 saturated heterocycles. The van der Waals surface area contributed by atoms with Gasteiger partial charge in [-0.2, -0.15) is 0 Å². The number of rotatable bonds is 6. The van der Waals surface area contributed by atoms with Crippen molar-refractivity contribution in [2.24, 2.45) is 0 Å². The summed E-state index contributed by atoms with van der Waals surface area (Å²) in [6.07, 6.45) is 1.77. The highest BCUT2D eigenvalue weighted by atomic mass is 35.5. The zero-order valence-corrected chi connectivity index (χ0v) is 15.6. The minimum Gasteiger partial charge on any atom is -0.457 e. The Morgan fingerprint density at radius 2 is 2.04 bits per heavy atom. The smallest absolute Gasteiger partial charge is 0.258 e. The lowest BCUT2D eigenvalue weighted by Gasteiger charge is -2.29. The second-order valence-corrected chi connectivity index (χ2v) is 6.20. The van der Waals surface area contributed by atoms with E-state index in [0.29, 0.717) is 18.0 Å². The minimum atomic E-state index is -0.440. The summed E-state index contributed by atoms with van der Waals surface area (Å²) in [6, 6.07) is 13.5. The molecule has 1 atom stereocenters. The van der Waals surface area contributed by atoms with Crippen LogP contribution >= 0.6 is 12.4 Å². The van der Waals surface area contributed by atoms with Crippen molar-refractivity contribution in [3.05, 3.63) is 59.9 Å². The van der Waals surface area contributed by atoms with Crippen LogP contribution in [0.25, 0.3) is 0 Å². The van der Waals surface area contributed by atoms with Gasteiger partial charge in [-0.3, -0.25) is 4.79 Å². The molecule has 26 heavy (non-hydrogen) atoms. The normalized spacial score (nSPS) is 16.0. The molecule has 0 unspecified atom stereocenters. The zero-order valence-electron chi connectivity index (χ0n) is 14.8. The third kappa shape index (κ3) is 4.74. The molecule has 0 spiro atoms. The molecule has 6 heteroatoms. The third-order valence-corrected chi connectivity index (χ3v) is 4.34. The van der Waals surface area contributed by atoms with Gasteiger partial charge in [-0.15, -0.1) is 12.4 Å². The summed E-state index contributed by atoms with van der Waals surface area (Å²) in [4.78, 5) is 15.0. The minimum absolute atomic E-state index is 0. The molecule has 4 nitrogen and oxygen atoms in total. The van der Waals surface area contributed by atoms with Gasteiger partial charge in [0.15, 0.2) is 0 Å². The highest BCUT2D eigenvalue weighted by molar-refractivity contribution is 5.97. The van der Waals surface area contributed by atoms with Crippen molar-refractivity contribution in [3.8, 4) is 11.5 Å². The van der Waals surface area contributed by atoms with E-state index in [1.54, 1.807) is 0 Å². The molecule has 0 aromatic heterocycles. The van der Waals surface area contributed by atoms with Gasteiger partial charge in [0.1, 0.15) is 17.3 Å². The average Bonchev–Trinajstić information content (AvgIpc) is 3.16. The standard InChI is InChI=1S/C20H23FN2O2.ClH/c1-2-12-23(16-10-11-22-14-16)20(24)18-13-15(21)8-9-19(18)25-17-6-4-3-5-7-17;/h3-9,13,16,22H,2,10-12,14H2,1H3;1H/t16-;/m0./s1. The van der Waals surface area contributed by atoms with E-state index in [-0.39, 0.29) is 29.9 Å². The van der Waals surface area contributed by atoms with Crippen molar-refractivity contribution in [2.75, 3.05) is 19.6 Å². The topological polar surface area (TPSA) is 41.6 Å². The summed E-state index contributed by atoms with van der Waals surface area (Å²) >= 11 is 0. The lowest BCUT2D eigenvalue weighted by atomic mass is 10.1. The maximum absolute atomic E-state index is 13.8. The number of ether oxygens (including phenoxy) is 1. The second kappa shape index (κ2) is 9.55. The number of carbonyl (C=O) groups excluding carboxylic acids is 1. The molecule has 0 radical (unpaired) electrons. The van der Waals surface area contributed by atoms with Crippen LogP contribution in [0, 0.1) is 5.82 Å². The van der Waals surface area contributed by atoms with Gasteiger partial charge in [0.2, 0.25) is 0 Å². The van der Waals surface area contributed by atoms with Crippen LogP contribution in [0.4, 0.5) is 4.39 Å². The molecule has 140 valence electrons. The van der Waals surface area contributed by atoms with Crippen molar-refractivity contribution in [2.45, 2.75) is 25.8 Å². The van der Waals surface area contributed by atoms with Gasteiger partial charge in [0, 0.05) is 19.1 Å². The maximum atomic E-state index is 13.8. The fourth-order valence-electron chi connectivity index (χ4n) is 3.12. The van der Waals surface area contributed by atoms with Gasteiger partial charge in [-0.05, 0) is 49.7 Å². The van der Waals surface area contributed by atoms with Crippen LogP contribution in [0.2, 0.25) is 0 Å². The molecular weight excluding hydrogens is 355 g/mol. The number of para-hydroxylation sites is 1. The van der Waals surface area contributed by atoms with Gasteiger partial charge in [0.05, 0.1) is 5.56 Å². The summed E-state index contributed by atoms with van der Waals surface area (Å²) < 4.78 is 19.7. The monoisotopic (exact) mass is 378 g/mol. The molecule has 0 bridgehead atoms. The first-order valence-corrected chi connectivity index (χ1v) is 8.73. The lowest BCUT2D eigenvalue weighted by Crippen LogP contribution is -2.42. The summed E-state index contributed by atoms with van der Waals surface area (Å²) in [7, 11) is 0. The molecule has 0 saturated carbocycles. The van der Waals surface area contributed by atoms with Crippen LogP contribution in [0.3, 0.4) is 0 Å². The van der Waals surface area contributed by atoms with Gasteiger partial charge in [0.25, 0.3) is 5.91 Å². The first kappa shape index (κ1) is 20.2. The zero-order chi connectivity index (χ0) is 17.6. The van der Waals surface area contributed by atoms with Gasteiger partial charge >= 0.3 is 0 Å². The highest BCUT2D eigenvalue weighted by Crippen LogP contribution is 2.28. The van der Waals surface area contributed by atoms with Crippen molar-refractivity contribution in [1.82, 2.24) is 10.2 Å². The van der Waals surface area contributed by atoms with Gasteiger partial charge < -0.3 is 15.0 Å². The molecule has 1 aliphatic heterocycles. The Morgan fingerprint density at radius 1 is 1.27 bits per heavy atom. The number of nitrogens with zero attached hydrogens (tertiary/aromatic N) is 1. The van der Waals surface area contributed by atoms with Crippen molar-refractivity contribution < 1.29 is 13.9 Å². The molecule has 0 aliphatic carbocycles. The summed E-state index contributed by atoms with van der Waals surface area (Å²) in [5, 5.41) is 3.28. The van der Waals surface area contributed by atoms with Gasteiger partial charge in [-0.1, -0.05) is 25.1 Å². The second-order valence-electron chi connectivity index (χ2n) is 6.20. The van der Waals surface area contributed by atoms with E-state index in [2.05, 4.69) is 5.32 Å². The molecular formula is C20H24ClFN2O2. The maximum Gasteiger partial charge on any atom is 0.258 e. The predicted molar refractivity (Wildman–Crippen MR) is 103 cm³/mol. The number of hydrogen-bond donors (Lipinski definition) is 1. The van der Waals surface area contributed by atoms with E-state index in [4.69, 9.17) is 4.74 Å². The first-order valence-electron chi connectivity index (χ1n) is 8.73. The number of amides is 1. The van der Waals surface area contributed by atoms with E-state index >= 15 is 0 Å². The molecule has 1 N–H and O–H groups in total. The van der Waals surface area contributed by atoms with Crippen LogP contribution < -0.4 is 10.1 Å². The van der Waals surface area contributed by atoms with Crippen molar-refractivity contribution in [3.63, 3.8) is 0 Å². The van der Waals surface area contributed by atoms with E-state index in [9.17, 15) is 9.18 Å². The number of benzene rings is 2. The van der Waals surface area contributed by atoms with E-state index < -0.39 is 5.82 Å². The number of halogens is 2. The van der Waals surface area contributed by atoms with Crippen LogP contribution in [0.5, 0.6) is 11.5 Å². The van der Waals surface area contributed by atoms with Crippen molar-refractivity contribution in [1.29, 1.82) is 0 Å².